The Morgan fingerprint density at radius 1 is 1.33 bits per heavy atom. The molecule has 2 unspecified atom stereocenters. The summed E-state index contributed by atoms with van der Waals surface area (Å²) in [7, 11) is 0. The first-order valence-electron chi connectivity index (χ1n) is 7.21. The minimum atomic E-state index is -0.676. The van der Waals surface area contributed by atoms with E-state index >= 15 is 0 Å². The SMILES string of the molecule is CC(C)CN1CC(C(=O)N2CC(=O)NC(=O)C2C)CC1=O. The Hall–Kier alpha value is -1.92. The second-order valence-electron chi connectivity index (χ2n) is 6.15. The highest BCUT2D eigenvalue weighted by Gasteiger charge is 2.41. The summed E-state index contributed by atoms with van der Waals surface area (Å²) >= 11 is 0. The third-order valence-corrected chi connectivity index (χ3v) is 3.86. The minimum Gasteiger partial charge on any atom is -0.342 e. The van der Waals surface area contributed by atoms with Gasteiger partial charge in [-0.05, 0) is 12.8 Å². The molecule has 2 atom stereocenters. The van der Waals surface area contributed by atoms with Crippen LogP contribution in [-0.4, -0.2) is 59.1 Å². The van der Waals surface area contributed by atoms with Crippen molar-refractivity contribution >= 4 is 23.6 Å². The number of hydrogen-bond acceptors (Lipinski definition) is 4. The van der Waals surface area contributed by atoms with Gasteiger partial charge in [-0.15, -0.1) is 0 Å². The van der Waals surface area contributed by atoms with Crippen LogP contribution >= 0.6 is 0 Å². The number of likely N-dealkylation sites (tertiary alicyclic amines) is 1. The lowest BCUT2D eigenvalue weighted by molar-refractivity contribution is -0.151. The molecule has 0 saturated carbocycles. The van der Waals surface area contributed by atoms with Crippen molar-refractivity contribution in [3.8, 4) is 0 Å². The predicted molar refractivity (Wildman–Crippen MR) is 73.8 cm³/mol. The molecule has 2 rings (SSSR count). The zero-order chi connectivity index (χ0) is 15.7. The van der Waals surface area contributed by atoms with E-state index in [9.17, 15) is 19.2 Å². The van der Waals surface area contributed by atoms with Crippen LogP contribution in [0.2, 0.25) is 0 Å². The van der Waals surface area contributed by atoms with Crippen molar-refractivity contribution in [3.63, 3.8) is 0 Å². The fourth-order valence-electron chi connectivity index (χ4n) is 2.77. The van der Waals surface area contributed by atoms with Crippen molar-refractivity contribution in [2.45, 2.75) is 33.2 Å². The third-order valence-electron chi connectivity index (χ3n) is 3.86. The van der Waals surface area contributed by atoms with Crippen LogP contribution in [-0.2, 0) is 19.2 Å². The topological polar surface area (TPSA) is 86.8 Å². The van der Waals surface area contributed by atoms with E-state index in [1.54, 1.807) is 11.8 Å². The van der Waals surface area contributed by atoms with Gasteiger partial charge in [0.15, 0.2) is 0 Å². The van der Waals surface area contributed by atoms with Crippen LogP contribution in [0.5, 0.6) is 0 Å². The zero-order valence-electron chi connectivity index (χ0n) is 12.6. The third kappa shape index (κ3) is 3.22. The first-order chi connectivity index (χ1) is 9.79. The van der Waals surface area contributed by atoms with Crippen LogP contribution in [0.1, 0.15) is 27.2 Å². The molecule has 0 spiro atoms. The van der Waals surface area contributed by atoms with Crippen molar-refractivity contribution in [1.29, 1.82) is 0 Å². The summed E-state index contributed by atoms with van der Waals surface area (Å²) in [4.78, 5) is 50.4. The predicted octanol–water partition coefficient (Wildman–Crippen LogP) is -0.636. The van der Waals surface area contributed by atoms with Gasteiger partial charge in [-0.2, -0.15) is 0 Å². The lowest BCUT2D eigenvalue weighted by Gasteiger charge is -2.33. The molecule has 2 saturated heterocycles. The number of amides is 4. The highest BCUT2D eigenvalue weighted by atomic mass is 16.2. The number of piperazine rings is 1. The molecule has 2 fully saturated rings. The molecule has 116 valence electrons. The molecule has 0 aromatic carbocycles. The first kappa shape index (κ1) is 15.5. The Morgan fingerprint density at radius 2 is 2.00 bits per heavy atom. The molecule has 2 aliphatic heterocycles. The first-order valence-corrected chi connectivity index (χ1v) is 7.21. The van der Waals surface area contributed by atoms with Crippen LogP contribution in [0, 0.1) is 11.8 Å². The Balaban J connectivity index is 2.05. The van der Waals surface area contributed by atoms with E-state index in [0.29, 0.717) is 19.0 Å². The number of nitrogens with zero attached hydrogens (tertiary/aromatic N) is 2. The van der Waals surface area contributed by atoms with Gasteiger partial charge < -0.3 is 9.80 Å². The average molecular weight is 295 g/mol. The summed E-state index contributed by atoms with van der Waals surface area (Å²) in [6.45, 7) is 6.48. The quantitative estimate of drug-likeness (QED) is 0.702. The van der Waals surface area contributed by atoms with Crippen molar-refractivity contribution in [2.75, 3.05) is 19.6 Å². The maximum absolute atomic E-state index is 12.5. The van der Waals surface area contributed by atoms with Crippen LogP contribution < -0.4 is 5.32 Å². The zero-order valence-corrected chi connectivity index (χ0v) is 12.6. The molecule has 0 aliphatic carbocycles. The summed E-state index contributed by atoms with van der Waals surface area (Å²) in [5.74, 6) is -1.40. The molecular formula is C14H21N3O4. The van der Waals surface area contributed by atoms with Crippen molar-refractivity contribution < 1.29 is 19.2 Å². The van der Waals surface area contributed by atoms with E-state index in [0.717, 1.165) is 0 Å². The summed E-state index contributed by atoms with van der Waals surface area (Å²) in [5, 5.41) is 2.20. The Morgan fingerprint density at radius 3 is 2.62 bits per heavy atom. The lowest BCUT2D eigenvalue weighted by atomic mass is 10.0. The summed E-state index contributed by atoms with van der Waals surface area (Å²) in [6, 6.07) is -0.676. The summed E-state index contributed by atoms with van der Waals surface area (Å²) in [6.07, 6.45) is 0.157. The van der Waals surface area contributed by atoms with Gasteiger partial charge in [-0.3, -0.25) is 24.5 Å². The van der Waals surface area contributed by atoms with Crippen LogP contribution in [0.3, 0.4) is 0 Å². The number of imide groups is 1. The Bertz CT molecular complexity index is 489. The molecule has 0 bridgehead atoms. The van der Waals surface area contributed by atoms with E-state index in [1.165, 1.54) is 4.90 Å². The van der Waals surface area contributed by atoms with Crippen LogP contribution in [0.4, 0.5) is 0 Å². The van der Waals surface area contributed by atoms with Gasteiger partial charge in [0, 0.05) is 19.5 Å². The van der Waals surface area contributed by atoms with Crippen molar-refractivity contribution in [1.82, 2.24) is 15.1 Å². The fourth-order valence-corrected chi connectivity index (χ4v) is 2.77. The van der Waals surface area contributed by atoms with E-state index in [1.807, 2.05) is 13.8 Å². The fraction of sp³-hybridized carbons (Fsp3) is 0.714. The monoisotopic (exact) mass is 295 g/mol. The maximum Gasteiger partial charge on any atom is 0.249 e. The number of rotatable bonds is 3. The van der Waals surface area contributed by atoms with Gasteiger partial charge in [0.2, 0.25) is 23.6 Å². The van der Waals surface area contributed by atoms with Gasteiger partial charge in [0.25, 0.3) is 0 Å². The van der Waals surface area contributed by atoms with Gasteiger partial charge in [-0.25, -0.2) is 0 Å². The van der Waals surface area contributed by atoms with E-state index < -0.39 is 23.8 Å². The second-order valence-corrected chi connectivity index (χ2v) is 6.15. The number of carbonyl (C=O) groups excluding carboxylic acids is 4. The van der Waals surface area contributed by atoms with Crippen LogP contribution in [0.25, 0.3) is 0 Å². The molecule has 21 heavy (non-hydrogen) atoms. The maximum atomic E-state index is 12.5. The molecule has 2 aliphatic rings. The summed E-state index contributed by atoms with van der Waals surface area (Å²) in [5.41, 5.74) is 0. The van der Waals surface area contributed by atoms with E-state index in [4.69, 9.17) is 0 Å². The molecule has 4 amide bonds. The largest absolute Gasteiger partial charge is 0.342 e. The normalized spacial score (nSPS) is 26.6. The number of nitrogens with one attached hydrogen (secondary N) is 1. The molecule has 7 heteroatoms. The molecule has 7 nitrogen and oxygen atoms in total. The van der Waals surface area contributed by atoms with Crippen LogP contribution in [0.15, 0.2) is 0 Å². The van der Waals surface area contributed by atoms with Crippen molar-refractivity contribution in [3.05, 3.63) is 0 Å². The highest BCUT2D eigenvalue weighted by molar-refractivity contribution is 6.04. The highest BCUT2D eigenvalue weighted by Crippen LogP contribution is 2.22. The van der Waals surface area contributed by atoms with Gasteiger partial charge in [0.05, 0.1) is 5.92 Å². The van der Waals surface area contributed by atoms with Gasteiger partial charge in [-0.1, -0.05) is 13.8 Å². The van der Waals surface area contributed by atoms with E-state index in [-0.39, 0.29) is 24.8 Å². The molecular weight excluding hydrogens is 274 g/mol. The van der Waals surface area contributed by atoms with Crippen molar-refractivity contribution in [2.24, 2.45) is 11.8 Å². The van der Waals surface area contributed by atoms with Gasteiger partial charge in [0.1, 0.15) is 12.6 Å². The Labute approximate surface area is 123 Å². The van der Waals surface area contributed by atoms with Gasteiger partial charge >= 0.3 is 0 Å². The second kappa shape index (κ2) is 5.83. The molecule has 1 N–H and O–H groups in total. The van der Waals surface area contributed by atoms with E-state index in [2.05, 4.69) is 5.32 Å². The lowest BCUT2D eigenvalue weighted by Crippen LogP contribution is -2.59. The molecule has 0 aromatic rings. The number of carbonyl (C=O) groups is 4. The smallest absolute Gasteiger partial charge is 0.249 e. The molecule has 2 heterocycles. The average Bonchev–Trinajstić information content (AvgIpc) is 2.74. The Kier molecular flexibility index (Phi) is 4.29. The minimum absolute atomic E-state index is 0.0394. The summed E-state index contributed by atoms with van der Waals surface area (Å²) < 4.78 is 0. The standard InChI is InChI=1S/C14H21N3O4/c1-8(2)5-16-6-10(4-12(16)19)14(21)17-7-11(18)15-13(20)9(17)3/h8-10H,4-7H2,1-3H3,(H,15,18,20). The molecule has 0 radical (unpaired) electrons. The molecule has 0 aromatic heterocycles. The number of hydrogen-bond donors (Lipinski definition) is 1.